The van der Waals surface area contributed by atoms with Crippen LogP contribution in [0.1, 0.15) is 11.5 Å². The number of benzene rings is 2. The van der Waals surface area contributed by atoms with E-state index in [2.05, 4.69) is 10.5 Å². The van der Waals surface area contributed by atoms with Gasteiger partial charge < -0.3 is 16.3 Å². The number of oxime groups is 1. The van der Waals surface area contributed by atoms with Crippen molar-refractivity contribution in [3.63, 3.8) is 0 Å². The maximum Gasteiger partial charge on any atom is 0.148 e. The Morgan fingerprint density at radius 3 is 2.60 bits per heavy atom. The summed E-state index contributed by atoms with van der Waals surface area (Å²) < 4.78 is 13.1. The zero-order valence-electron chi connectivity index (χ0n) is 10.8. The first kappa shape index (κ1) is 13.9. The fourth-order valence-corrected chi connectivity index (χ4v) is 1.97. The van der Waals surface area contributed by atoms with E-state index in [-0.39, 0.29) is 17.6 Å². The Hall–Kier alpha value is -2.56. The van der Waals surface area contributed by atoms with Crippen LogP contribution < -0.4 is 11.1 Å². The van der Waals surface area contributed by atoms with Crippen molar-refractivity contribution < 1.29 is 9.60 Å². The first-order chi connectivity index (χ1) is 9.70. The van der Waals surface area contributed by atoms with E-state index in [9.17, 15) is 4.39 Å². The summed E-state index contributed by atoms with van der Waals surface area (Å²) in [7, 11) is 0. The molecular weight excluding hydrogens is 257 g/mol. The van der Waals surface area contributed by atoms with Gasteiger partial charge in [0.05, 0.1) is 5.92 Å². The molecule has 1 unspecified atom stereocenters. The molecule has 0 saturated heterocycles. The summed E-state index contributed by atoms with van der Waals surface area (Å²) in [4.78, 5) is 0. The molecule has 0 aliphatic heterocycles. The van der Waals surface area contributed by atoms with Crippen molar-refractivity contribution in [3.05, 3.63) is 66.0 Å². The molecule has 2 aromatic carbocycles. The summed E-state index contributed by atoms with van der Waals surface area (Å²) in [6, 6.07) is 15.6. The van der Waals surface area contributed by atoms with E-state index in [1.54, 1.807) is 12.1 Å². The lowest BCUT2D eigenvalue weighted by Crippen LogP contribution is -2.28. The topological polar surface area (TPSA) is 70.6 Å². The average molecular weight is 273 g/mol. The molecule has 4 nitrogen and oxygen atoms in total. The number of rotatable bonds is 5. The van der Waals surface area contributed by atoms with Gasteiger partial charge in [0.2, 0.25) is 0 Å². The molecular formula is C15H16FN3O. The maximum absolute atomic E-state index is 13.1. The third-order valence-corrected chi connectivity index (χ3v) is 3.01. The van der Waals surface area contributed by atoms with Crippen LogP contribution in [0.5, 0.6) is 0 Å². The van der Waals surface area contributed by atoms with Crippen molar-refractivity contribution in [1.82, 2.24) is 0 Å². The molecule has 5 heteroatoms. The number of nitrogens with one attached hydrogen (secondary N) is 1. The second-order valence-electron chi connectivity index (χ2n) is 4.38. The SMILES string of the molecule is NC(=NO)C(CNc1cccc(F)c1)c1ccccc1. The van der Waals surface area contributed by atoms with Crippen LogP contribution in [0.15, 0.2) is 59.8 Å². The van der Waals surface area contributed by atoms with Crippen LogP contribution in [-0.2, 0) is 0 Å². The van der Waals surface area contributed by atoms with E-state index >= 15 is 0 Å². The summed E-state index contributed by atoms with van der Waals surface area (Å²) in [6.45, 7) is 0.406. The van der Waals surface area contributed by atoms with Gasteiger partial charge in [-0.1, -0.05) is 41.6 Å². The lowest BCUT2D eigenvalue weighted by Gasteiger charge is -2.17. The largest absolute Gasteiger partial charge is 0.409 e. The van der Waals surface area contributed by atoms with Crippen LogP contribution in [-0.4, -0.2) is 17.6 Å². The molecule has 0 saturated carbocycles. The van der Waals surface area contributed by atoms with Gasteiger partial charge in [-0.2, -0.15) is 0 Å². The fraction of sp³-hybridized carbons (Fsp3) is 0.133. The zero-order chi connectivity index (χ0) is 14.4. The van der Waals surface area contributed by atoms with Gasteiger partial charge in [0.15, 0.2) is 0 Å². The van der Waals surface area contributed by atoms with E-state index in [0.717, 1.165) is 5.56 Å². The fourth-order valence-electron chi connectivity index (χ4n) is 1.97. The van der Waals surface area contributed by atoms with Gasteiger partial charge in [-0.25, -0.2) is 4.39 Å². The Labute approximate surface area is 116 Å². The minimum absolute atomic E-state index is 0.111. The highest BCUT2D eigenvalue weighted by atomic mass is 19.1. The van der Waals surface area contributed by atoms with Crippen molar-refractivity contribution in [2.24, 2.45) is 10.9 Å². The predicted octanol–water partition coefficient (Wildman–Crippen LogP) is 2.77. The third kappa shape index (κ3) is 3.47. The maximum atomic E-state index is 13.1. The Morgan fingerprint density at radius 1 is 1.20 bits per heavy atom. The standard InChI is InChI=1S/C15H16FN3O/c16-12-7-4-8-13(9-12)18-10-14(15(17)19-20)11-5-2-1-3-6-11/h1-9,14,18,20H,10H2,(H2,17,19). The highest BCUT2D eigenvalue weighted by molar-refractivity contribution is 5.87. The number of hydrogen-bond donors (Lipinski definition) is 3. The molecule has 2 rings (SSSR count). The lowest BCUT2D eigenvalue weighted by atomic mass is 9.98. The number of nitrogens with zero attached hydrogens (tertiary/aromatic N) is 1. The molecule has 104 valence electrons. The van der Waals surface area contributed by atoms with Gasteiger partial charge in [-0.15, -0.1) is 0 Å². The molecule has 4 N–H and O–H groups in total. The molecule has 1 atom stereocenters. The minimum atomic E-state index is -0.310. The molecule has 0 aromatic heterocycles. The molecule has 0 radical (unpaired) electrons. The van der Waals surface area contributed by atoms with Gasteiger partial charge in [0.25, 0.3) is 0 Å². The Bertz CT molecular complexity index is 587. The van der Waals surface area contributed by atoms with E-state index < -0.39 is 0 Å². The summed E-state index contributed by atoms with van der Waals surface area (Å²) in [5.74, 6) is -0.486. The first-order valence-electron chi connectivity index (χ1n) is 6.22. The van der Waals surface area contributed by atoms with Crippen LogP contribution in [0.2, 0.25) is 0 Å². The van der Waals surface area contributed by atoms with Crippen molar-refractivity contribution in [2.75, 3.05) is 11.9 Å². The van der Waals surface area contributed by atoms with Crippen molar-refractivity contribution in [1.29, 1.82) is 0 Å². The molecule has 0 aliphatic rings. The minimum Gasteiger partial charge on any atom is -0.409 e. The number of anilines is 1. The normalized spacial score (nSPS) is 12.9. The van der Waals surface area contributed by atoms with Gasteiger partial charge in [-0.3, -0.25) is 0 Å². The molecule has 0 aliphatic carbocycles. The molecule has 0 heterocycles. The molecule has 20 heavy (non-hydrogen) atoms. The summed E-state index contributed by atoms with van der Waals surface area (Å²) in [5.41, 5.74) is 7.30. The summed E-state index contributed by atoms with van der Waals surface area (Å²) >= 11 is 0. The third-order valence-electron chi connectivity index (χ3n) is 3.01. The second-order valence-corrected chi connectivity index (χ2v) is 4.38. The van der Waals surface area contributed by atoms with Crippen molar-refractivity contribution in [2.45, 2.75) is 5.92 Å². The number of hydrogen-bond acceptors (Lipinski definition) is 3. The van der Waals surface area contributed by atoms with Crippen LogP contribution in [0.3, 0.4) is 0 Å². The monoisotopic (exact) mass is 273 g/mol. The van der Waals surface area contributed by atoms with Crippen molar-refractivity contribution in [3.8, 4) is 0 Å². The van der Waals surface area contributed by atoms with Gasteiger partial charge >= 0.3 is 0 Å². The van der Waals surface area contributed by atoms with Gasteiger partial charge in [-0.05, 0) is 23.8 Å². The van der Waals surface area contributed by atoms with Crippen molar-refractivity contribution >= 4 is 11.5 Å². The van der Waals surface area contributed by atoms with Gasteiger partial charge in [0, 0.05) is 12.2 Å². The highest BCUT2D eigenvalue weighted by Gasteiger charge is 2.16. The molecule has 0 fully saturated rings. The number of nitrogens with two attached hydrogens (primary N) is 1. The molecule has 0 bridgehead atoms. The summed E-state index contributed by atoms with van der Waals surface area (Å²) in [5, 5.41) is 15.0. The second kappa shape index (κ2) is 6.56. The number of amidine groups is 1. The molecule has 0 amide bonds. The quantitative estimate of drug-likeness (QED) is 0.339. The predicted molar refractivity (Wildman–Crippen MR) is 77.5 cm³/mol. The average Bonchev–Trinajstić information content (AvgIpc) is 2.48. The smallest absolute Gasteiger partial charge is 0.148 e. The van der Waals surface area contributed by atoms with E-state index in [4.69, 9.17) is 10.9 Å². The highest BCUT2D eigenvalue weighted by Crippen LogP contribution is 2.17. The lowest BCUT2D eigenvalue weighted by molar-refractivity contribution is 0.316. The van der Waals surface area contributed by atoms with Crippen LogP contribution in [0, 0.1) is 5.82 Å². The zero-order valence-corrected chi connectivity index (χ0v) is 10.8. The van der Waals surface area contributed by atoms with Crippen LogP contribution in [0.4, 0.5) is 10.1 Å². The van der Waals surface area contributed by atoms with Crippen LogP contribution >= 0.6 is 0 Å². The first-order valence-corrected chi connectivity index (χ1v) is 6.22. The number of halogens is 1. The Kier molecular flexibility index (Phi) is 4.55. The summed E-state index contributed by atoms with van der Waals surface area (Å²) in [6.07, 6.45) is 0. The van der Waals surface area contributed by atoms with Gasteiger partial charge in [0.1, 0.15) is 11.7 Å². The van der Waals surface area contributed by atoms with E-state index in [1.807, 2.05) is 30.3 Å². The Balaban J connectivity index is 2.13. The molecule has 2 aromatic rings. The van der Waals surface area contributed by atoms with E-state index in [0.29, 0.717) is 12.2 Å². The molecule has 0 spiro atoms. The van der Waals surface area contributed by atoms with E-state index in [1.165, 1.54) is 12.1 Å². The Morgan fingerprint density at radius 2 is 1.95 bits per heavy atom. The van der Waals surface area contributed by atoms with Crippen LogP contribution in [0.25, 0.3) is 0 Å².